The second-order valence-corrected chi connectivity index (χ2v) is 11.4. The summed E-state index contributed by atoms with van der Waals surface area (Å²) in [4.78, 5) is 7.05. The number of methoxy groups -OCH3 is 1. The van der Waals surface area contributed by atoms with Crippen molar-refractivity contribution in [3.8, 4) is 17.2 Å². The number of likely N-dealkylation sites (N-methyl/N-ethyl adjacent to an activating group) is 1. The summed E-state index contributed by atoms with van der Waals surface area (Å²) in [5.74, 6) is 1.51. The van der Waals surface area contributed by atoms with E-state index < -0.39 is 0 Å². The summed E-state index contributed by atoms with van der Waals surface area (Å²) in [5, 5.41) is 9.91. The zero-order valence-corrected chi connectivity index (χ0v) is 24.7. The van der Waals surface area contributed by atoms with E-state index in [0.717, 1.165) is 82.0 Å². The van der Waals surface area contributed by atoms with E-state index in [1.54, 1.807) is 25.3 Å². The number of hydrogen-bond acceptors (Lipinski definition) is 6. The Bertz CT molecular complexity index is 1320. The van der Waals surface area contributed by atoms with E-state index in [1.165, 1.54) is 16.7 Å². The van der Waals surface area contributed by atoms with Gasteiger partial charge in [0.2, 0.25) is 0 Å². The number of halogens is 1. The van der Waals surface area contributed by atoms with Crippen LogP contribution >= 0.6 is 0 Å². The van der Waals surface area contributed by atoms with Crippen molar-refractivity contribution in [3.05, 3.63) is 82.7 Å². The van der Waals surface area contributed by atoms with Crippen LogP contribution < -0.4 is 14.4 Å². The monoisotopic (exact) mass is 561 g/mol. The molecule has 0 spiro atoms. The van der Waals surface area contributed by atoms with Crippen molar-refractivity contribution in [2.45, 2.75) is 45.1 Å². The van der Waals surface area contributed by atoms with Gasteiger partial charge in [-0.2, -0.15) is 0 Å². The average molecular weight is 562 g/mol. The first-order valence-corrected chi connectivity index (χ1v) is 15.0. The fraction of sp³-hybridized carbons (Fsp3) is 0.471. The van der Waals surface area contributed by atoms with Gasteiger partial charge in [0.05, 0.1) is 7.11 Å². The molecule has 1 fully saturated rings. The van der Waals surface area contributed by atoms with Crippen LogP contribution in [0.4, 0.5) is 10.1 Å². The van der Waals surface area contributed by atoms with Crippen molar-refractivity contribution < 1.29 is 19.0 Å². The molecule has 0 bridgehead atoms. The Kier molecular flexibility index (Phi) is 9.68. The molecule has 0 amide bonds. The third-order valence-electron chi connectivity index (χ3n) is 8.67. The molecule has 7 heteroatoms. The Hall–Kier alpha value is -3.29. The van der Waals surface area contributed by atoms with Gasteiger partial charge in [-0.25, -0.2) is 4.39 Å². The highest BCUT2D eigenvalue weighted by Crippen LogP contribution is 2.40. The molecule has 0 radical (unpaired) electrons. The van der Waals surface area contributed by atoms with Crippen LogP contribution in [0.5, 0.6) is 17.2 Å². The number of rotatable bonds is 10. The minimum atomic E-state index is -0.313. The summed E-state index contributed by atoms with van der Waals surface area (Å²) in [6.07, 6.45) is 4.04. The minimum Gasteiger partial charge on any atom is -0.508 e. The van der Waals surface area contributed by atoms with E-state index in [-0.39, 0.29) is 5.82 Å². The molecule has 2 aliphatic rings. The van der Waals surface area contributed by atoms with E-state index in [2.05, 4.69) is 46.9 Å². The maximum atomic E-state index is 15.1. The summed E-state index contributed by atoms with van der Waals surface area (Å²) in [6.45, 7) is 9.07. The molecule has 3 aromatic carbocycles. The summed E-state index contributed by atoms with van der Waals surface area (Å²) in [7, 11) is 3.85. The zero-order chi connectivity index (χ0) is 28.8. The van der Waals surface area contributed by atoms with Crippen molar-refractivity contribution in [1.82, 2.24) is 9.80 Å². The van der Waals surface area contributed by atoms with Gasteiger partial charge < -0.3 is 24.4 Å². The summed E-state index contributed by atoms with van der Waals surface area (Å²) in [5.41, 5.74) is 5.85. The summed E-state index contributed by atoms with van der Waals surface area (Å²) >= 11 is 0. The molecule has 3 aromatic rings. The molecule has 1 heterocycles. The van der Waals surface area contributed by atoms with E-state index in [4.69, 9.17) is 9.47 Å². The first-order valence-electron chi connectivity index (χ1n) is 15.0. The highest BCUT2D eigenvalue weighted by atomic mass is 19.1. The lowest BCUT2D eigenvalue weighted by molar-refractivity contribution is 0.208. The molecule has 0 aromatic heterocycles. The number of nitrogens with zero attached hydrogens (tertiary/aromatic N) is 3. The van der Waals surface area contributed by atoms with Crippen LogP contribution in [0, 0.1) is 5.82 Å². The minimum absolute atomic E-state index is 0.313. The predicted molar refractivity (Wildman–Crippen MR) is 163 cm³/mol. The maximum absolute atomic E-state index is 15.1. The molecule has 41 heavy (non-hydrogen) atoms. The Labute approximate surface area is 244 Å². The van der Waals surface area contributed by atoms with Crippen molar-refractivity contribution >= 4 is 5.69 Å². The number of anilines is 1. The molecule has 6 nitrogen and oxygen atoms in total. The smallest absolute Gasteiger partial charge is 0.165 e. The van der Waals surface area contributed by atoms with Gasteiger partial charge in [0.15, 0.2) is 11.6 Å². The lowest BCUT2D eigenvalue weighted by Crippen LogP contribution is -2.32. The van der Waals surface area contributed by atoms with E-state index in [9.17, 15) is 5.11 Å². The third-order valence-corrected chi connectivity index (χ3v) is 8.67. The normalized spacial score (nSPS) is 18.0. The second-order valence-electron chi connectivity index (χ2n) is 11.4. The van der Waals surface area contributed by atoms with Crippen LogP contribution in [0.2, 0.25) is 0 Å². The van der Waals surface area contributed by atoms with Crippen LogP contribution in [-0.2, 0) is 19.4 Å². The molecule has 1 unspecified atom stereocenters. The van der Waals surface area contributed by atoms with Gasteiger partial charge >= 0.3 is 0 Å². The Morgan fingerprint density at radius 2 is 1.88 bits per heavy atom. The molecular weight excluding hydrogens is 517 g/mol. The Morgan fingerprint density at radius 1 is 1.00 bits per heavy atom. The average Bonchev–Trinajstić information content (AvgIpc) is 3.20. The van der Waals surface area contributed by atoms with Gasteiger partial charge in [-0.3, -0.25) is 4.90 Å². The number of aromatic hydroxyl groups is 1. The van der Waals surface area contributed by atoms with Gasteiger partial charge in [0.1, 0.15) is 18.1 Å². The number of phenolic OH excluding ortho intramolecular Hbond substituents is 1. The van der Waals surface area contributed by atoms with Crippen molar-refractivity contribution in [1.29, 1.82) is 0 Å². The molecule has 5 rings (SSSR count). The van der Waals surface area contributed by atoms with Gasteiger partial charge in [-0.15, -0.1) is 0 Å². The molecule has 1 aliphatic heterocycles. The highest BCUT2D eigenvalue weighted by molar-refractivity contribution is 5.60. The predicted octanol–water partition coefficient (Wildman–Crippen LogP) is 5.86. The standard InChI is InChI=1S/C34H44FN3O3/c1-4-38(24-25-6-13-34(32(35)20-25)41-19-18-37-15-5-14-36(2)16-17-37)33-23-30(40-3)11-12-31(33)28-8-7-27-22-29(39)10-9-26(27)21-28/h6,9-13,20,22-23,28,39H,4-5,7-8,14-19,21,24H2,1-3H3. The largest absolute Gasteiger partial charge is 0.508 e. The number of benzene rings is 3. The topological polar surface area (TPSA) is 48.4 Å². The summed E-state index contributed by atoms with van der Waals surface area (Å²) in [6, 6.07) is 17.4. The number of hydrogen-bond donors (Lipinski definition) is 1. The van der Waals surface area contributed by atoms with E-state index >= 15 is 4.39 Å². The molecular formula is C34H44FN3O3. The molecule has 1 aliphatic carbocycles. The van der Waals surface area contributed by atoms with Crippen LogP contribution in [0.3, 0.4) is 0 Å². The fourth-order valence-electron chi connectivity index (χ4n) is 6.23. The molecule has 1 saturated heterocycles. The van der Waals surface area contributed by atoms with Crippen LogP contribution in [0.25, 0.3) is 0 Å². The third kappa shape index (κ3) is 7.32. The summed E-state index contributed by atoms with van der Waals surface area (Å²) < 4.78 is 26.6. The first kappa shape index (κ1) is 29.2. The number of phenols is 1. The lowest BCUT2D eigenvalue weighted by Gasteiger charge is -2.32. The Balaban J connectivity index is 1.27. The number of ether oxygens (including phenoxy) is 2. The maximum Gasteiger partial charge on any atom is 0.165 e. The van der Waals surface area contributed by atoms with Gasteiger partial charge in [-0.05, 0) is 111 Å². The molecule has 1 N–H and O–H groups in total. The van der Waals surface area contributed by atoms with E-state index in [1.807, 2.05) is 18.2 Å². The van der Waals surface area contributed by atoms with Crippen molar-refractivity contribution in [2.24, 2.45) is 0 Å². The number of fused-ring (bicyclic) bond motifs is 1. The molecule has 220 valence electrons. The van der Waals surface area contributed by atoms with Gasteiger partial charge in [-0.1, -0.05) is 18.2 Å². The lowest BCUT2D eigenvalue weighted by atomic mass is 9.79. The van der Waals surface area contributed by atoms with Crippen LogP contribution in [0.15, 0.2) is 54.6 Å². The van der Waals surface area contributed by atoms with Crippen molar-refractivity contribution in [2.75, 3.05) is 64.9 Å². The highest BCUT2D eigenvalue weighted by Gasteiger charge is 2.25. The molecule has 0 saturated carbocycles. The van der Waals surface area contributed by atoms with Gasteiger partial charge in [0, 0.05) is 44.5 Å². The molecule has 1 atom stereocenters. The quantitative estimate of drug-likeness (QED) is 0.335. The van der Waals surface area contributed by atoms with Crippen molar-refractivity contribution in [3.63, 3.8) is 0 Å². The fourth-order valence-corrected chi connectivity index (χ4v) is 6.23. The Morgan fingerprint density at radius 3 is 2.68 bits per heavy atom. The van der Waals surface area contributed by atoms with E-state index in [0.29, 0.717) is 30.6 Å². The van der Waals surface area contributed by atoms with Crippen LogP contribution in [0.1, 0.15) is 47.9 Å². The SMILES string of the molecule is CCN(Cc1ccc(OCCN2CCCN(C)CC2)c(F)c1)c1cc(OC)ccc1C1CCc2cc(O)ccc2C1. The zero-order valence-electron chi connectivity index (χ0n) is 24.7. The second kappa shape index (κ2) is 13.6. The van der Waals surface area contributed by atoms with Gasteiger partial charge in [0.25, 0.3) is 0 Å². The van der Waals surface area contributed by atoms with Crippen LogP contribution in [-0.4, -0.2) is 74.9 Å². The first-order chi connectivity index (χ1) is 19.9. The number of aryl methyl sites for hydroxylation is 1.